The van der Waals surface area contributed by atoms with Gasteiger partial charge in [0.1, 0.15) is 11.2 Å². The van der Waals surface area contributed by atoms with Gasteiger partial charge < -0.3 is 18.6 Å². The van der Waals surface area contributed by atoms with E-state index in [0.717, 1.165) is 83.9 Å². The number of rotatable bonds is 6. The van der Waals surface area contributed by atoms with Crippen LogP contribution in [0, 0.1) is 0 Å². The van der Waals surface area contributed by atoms with Crippen LogP contribution in [0.4, 0.5) is 17.1 Å². The van der Waals surface area contributed by atoms with Crippen molar-refractivity contribution >= 4 is 60.8 Å². The van der Waals surface area contributed by atoms with Gasteiger partial charge >= 0.3 is 0 Å². The van der Waals surface area contributed by atoms with E-state index in [1.54, 1.807) is 0 Å². The predicted octanol–water partition coefficient (Wildman–Crippen LogP) is 15.3. The Labute approximate surface area is 335 Å². The molecule has 0 aliphatic carbocycles. The molecule has 0 radical (unpaired) electrons. The van der Waals surface area contributed by atoms with Crippen LogP contribution in [0.15, 0.2) is 211 Å². The lowest BCUT2D eigenvalue weighted by atomic mass is 10.0. The van der Waals surface area contributed by atoms with Crippen molar-refractivity contribution in [1.29, 1.82) is 0 Å². The van der Waals surface area contributed by atoms with Gasteiger partial charge in [-0.1, -0.05) is 127 Å². The lowest BCUT2D eigenvalue weighted by Crippen LogP contribution is -2.09. The minimum atomic E-state index is 0.854. The highest BCUT2D eigenvalue weighted by molar-refractivity contribution is 6.13. The number of anilines is 3. The van der Waals surface area contributed by atoms with Crippen molar-refractivity contribution in [2.24, 2.45) is 0 Å². The van der Waals surface area contributed by atoms with Crippen LogP contribution < -0.4 is 9.64 Å². The lowest BCUT2D eigenvalue weighted by molar-refractivity contribution is 0.476. The van der Waals surface area contributed by atoms with Crippen LogP contribution >= 0.6 is 0 Å². The summed E-state index contributed by atoms with van der Waals surface area (Å²) in [5, 5.41) is 4.61. The van der Waals surface area contributed by atoms with E-state index < -0.39 is 0 Å². The largest absolute Gasteiger partial charge is 0.456 e. The quantitative estimate of drug-likeness (QED) is 0.170. The van der Waals surface area contributed by atoms with E-state index in [1.807, 2.05) is 18.2 Å². The Balaban J connectivity index is 0.960. The molecule has 0 saturated heterocycles. The van der Waals surface area contributed by atoms with E-state index in [4.69, 9.17) is 9.15 Å². The van der Waals surface area contributed by atoms with Crippen LogP contribution in [0.3, 0.4) is 0 Å². The second-order valence-electron chi connectivity index (χ2n) is 14.9. The van der Waals surface area contributed by atoms with Gasteiger partial charge in [0, 0.05) is 44.7 Å². The van der Waals surface area contributed by atoms with E-state index in [2.05, 4.69) is 198 Å². The molecule has 0 saturated carbocycles. The maximum absolute atomic E-state index is 6.60. The van der Waals surface area contributed by atoms with E-state index in [1.165, 1.54) is 27.5 Å². The summed E-state index contributed by atoms with van der Waals surface area (Å²) in [4.78, 5) is 2.31. The molecule has 0 N–H and O–H groups in total. The molecule has 4 heteroatoms. The van der Waals surface area contributed by atoms with Crippen LogP contribution in [0.5, 0.6) is 11.5 Å². The summed E-state index contributed by atoms with van der Waals surface area (Å²) in [5.74, 6) is 1.75. The summed E-state index contributed by atoms with van der Waals surface area (Å²) < 4.78 is 15.3. The molecule has 0 amide bonds. The van der Waals surface area contributed by atoms with Gasteiger partial charge in [-0.25, -0.2) is 0 Å². The molecule has 0 bridgehead atoms. The van der Waals surface area contributed by atoms with Crippen molar-refractivity contribution in [2.45, 2.75) is 0 Å². The molecule has 58 heavy (non-hydrogen) atoms. The number of fused-ring (bicyclic) bond motifs is 8. The van der Waals surface area contributed by atoms with Crippen LogP contribution in [0.2, 0.25) is 0 Å². The second-order valence-corrected chi connectivity index (χ2v) is 14.9. The monoisotopic (exact) mass is 742 g/mol. The fourth-order valence-corrected chi connectivity index (χ4v) is 8.79. The first-order chi connectivity index (χ1) is 28.7. The minimum Gasteiger partial charge on any atom is -0.456 e. The average Bonchev–Trinajstić information content (AvgIpc) is 3.83. The number of ether oxygens (including phenoxy) is 1. The predicted molar refractivity (Wildman–Crippen MR) is 239 cm³/mol. The van der Waals surface area contributed by atoms with Crippen LogP contribution in [0.25, 0.3) is 82.8 Å². The smallest absolute Gasteiger partial charge is 0.152 e. The lowest BCUT2D eigenvalue weighted by Gasteiger charge is -2.26. The molecule has 12 rings (SSSR count). The standard InChI is InChI=1S/C54H34N2O2/c1-3-10-35(11-4-1)37-18-24-41(25-19-37)55(43-28-31-46-45-30-23-40(36-12-5-2-6-13-36)33-52(45)58-53(46)34-43)42-26-20-38(21-27-42)39-22-29-44-47-14-9-17-51-54(47)56(49(44)32-39)48-15-7-8-16-50(48)57-51/h1-34H. The third-order valence-corrected chi connectivity index (χ3v) is 11.6. The molecule has 272 valence electrons. The maximum Gasteiger partial charge on any atom is 0.152 e. The zero-order valence-electron chi connectivity index (χ0n) is 31.3. The highest BCUT2D eigenvalue weighted by Gasteiger charge is 2.24. The van der Waals surface area contributed by atoms with E-state index in [9.17, 15) is 0 Å². The van der Waals surface area contributed by atoms with Gasteiger partial charge in [-0.3, -0.25) is 0 Å². The molecule has 2 aromatic heterocycles. The highest BCUT2D eigenvalue weighted by atomic mass is 16.5. The second kappa shape index (κ2) is 12.9. The first kappa shape index (κ1) is 32.4. The average molecular weight is 743 g/mol. The molecule has 0 fully saturated rings. The summed E-state index contributed by atoms with van der Waals surface area (Å²) in [6.07, 6.45) is 0. The van der Waals surface area contributed by atoms with Crippen LogP contribution in [-0.2, 0) is 0 Å². The SMILES string of the molecule is c1ccc(-c2ccc(N(c3ccc(-c4ccc5c6cccc7c6n(c5c4)-c4ccccc4O7)cc3)c3ccc4c(c3)oc3cc(-c5ccccc5)ccc34)cc2)cc1. The Morgan fingerprint density at radius 2 is 0.862 bits per heavy atom. The molecule has 0 spiro atoms. The topological polar surface area (TPSA) is 30.5 Å². The van der Waals surface area contributed by atoms with Crippen molar-refractivity contribution in [2.75, 3.05) is 4.90 Å². The fraction of sp³-hybridized carbons (Fsp3) is 0. The number of furan rings is 1. The number of benzene rings is 9. The van der Waals surface area contributed by atoms with E-state index >= 15 is 0 Å². The Morgan fingerprint density at radius 1 is 0.345 bits per heavy atom. The van der Waals surface area contributed by atoms with Crippen molar-refractivity contribution in [1.82, 2.24) is 4.57 Å². The molecule has 1 aliphatic heterocycles. The minimum absolute atomic E-state index is 0.854. The Bertz CT molecular complexity index is 3340. The molecule has 11 aromatic rings. The molecule has 0 unspecified atom stereocenters. The van der Waals surface area contributed by atoms with Gasteiger partial charge in [0.15, 0.2) is 11.5 Å². The number of nitrogens with zero attached hydrogens (tertiary/aromatic N) is 2. The van der Waals surface area contributed by atoms with Gasteiger partial charge in [0.2, 0.25) is 0 Å². The van der Waals surface area contributed by atoms with E-state index in [-0.39, 0.29) is 0 Å². The van der Waals surface area contributed by atoms with Crippen molar-refractivity contribution in [3.63, 3.8) is 0 Å². The van der Waals surface area contributed by atoms with Crippen molar-refractivity contribution in [3.05, 3.63) is 206 Å². The third kappa shape index (κ3) is 5.16. The molecule has 0 atom stereocenters. The molecular weight excluding hydrogens is 709 g/mol. The summed E-state index contributed by atoms with van der Waals surface area (Å²) in [5.41, 5.74) is 15.2. The molecular formula is C54H34N2O2. The zero-order chi connectivity index (χ0) is 38.2. The highest BCUT2D eigenvalue weighted by Crippen LogP contribution is 2.46. The zero-order valence-corrected chi connectivity index (χ0v) is 31.3. The van der Waals surface area contributed by atoms with E-state index in [0.29, 0.717) is 0 Å². The Kier molecular flexibility index (Phi) is 7.20. The number of hydrogen-bond donors (Lipinski definition) is 0. The maximum atomic E-state index is 6.60. The van der Waals surface area contributed by atoms with Gasteiger partial charge in [-0.2, -0.15) is 0 Å². The van der Waals surface area contributed by atoms with Gasteiger partial charge in [-0.15, -0.1) is 0 Å². The van der Waals surface area contributed by atoms with Crippen LogP contribution in [0.1, 0.15) is 0 Å². The number of hydrogen-bond acceptors (Lipinski definition) is 3. The fourth-order valence-electron chi connectivity index (χ4n) is 8.79. The van der Waals surface area contributed by atoms with Crippen molar-refractivity contribution < 1.29 is 9.15 Å². The van der Waals surface area contributed by atoms with Crippen molar-refractivity contribution in [3.8, 4) is 50.6 Å². The molecule has 1 aliphatic rings. The summed E-state index contributed by atoms with van der Waals surface area (Å²) in [7, 11) is 0. The first-order valence-corrected chi connectivity index (χ1v) is 19.7. The third-order valence-electron chi connectivity index (χ3n) is 11.6. The number of aromatic nitrogens is 1. The van der Waals surface area contributed by atoms with Gasteiger partial charge in [-0.05, 0) is 106 Å². The normalized spacial score (nSPS) is 11.9. The molecule has 9 aromatic carbocycles. The van der Waals surface area contributed by atoms with Gasteiger partial charge in [0.05, 0.1) is 16.7 Å². The first-order valence-electron chi connectivity index (χ1n) is 19.7. The van der Waals surface area contributed by atoms with Gasteiger partial charge in [0.25, 0.3) is 0 Å². The Hall–Kier alpha value is -7.82. The Morgan fingerprint density at radius 3 is 1.59 bits per heavy atom. The molecule has 4 nitrogen and oxygen atoms in total. The van der Waals surface area contributed by atoms with Crippen LogP contribution in [-0.4, -0.2) is 4.57 Å². The summed E-state index contributed by atoms with van der Waals surface area (Å²) in [6.45, 7) is 0. The summed E-state index contributed by atoms with van der Waals surface area (Å²) in [6, 6.07) is 73.2. The number of para-hydroxylation sites is 3. The summed E-state index contributed by atoms with van der Waals surface area (Å²) >= 11 is 0. The molecule has 3 heterocycles.